The molecule has 0 fully saturated rings. The van der Waals surface area contributed by atoms with Crippen LogP contribution in [0.25, 0.3) is 0 Å². The predicted octanol–water partition coefficient (Wildman–Crippen LogP) is 1.78. The Hall–Kier alpha value is -1.000. The number of rotatable bonds is 5. The molecule has 3 nitrogen and oxygen atoms in total. The van der Waals surface area contributed by atoms with Gasteiger partial charge in [0.2, 0.25) is 0 Å². The van der Waals surface area contributed by atoms with Crippen molar-refractivity contribution in [1.29, 1.82) is 0 Å². The van der Waals surface area contributed by atoms with Gasteiger partial charge in [-0.3, -0.25) is 9.59 Å². The molecule has 0 aliphatic rings. The Bertz CT molecular complexity index is 316. The zero-order chi connectivity index (χ0) is 10.6. The molecule has 1 aromatic heterocycles. The van der Waals surface area contributed by atoms with Crippen LogP contribution in [0.5, 0.6) is 0 Å². The fourth-order valence-corrected chi connectivity index (χ4v) is 1.80. The van der Waals surface area contributed by atoms with E-state index in [2.05, 4.69) is 0 Å². The smallest absolute Gasteiger partial charge is 0.183 e. The second-order valence-electron chi connectivity index (χ2n) is 2.96. The van der Waals surface area contributed by atoms with Gasteiger partial charge in [-0.1, -0.05) is 6.07 Å². The number of carbonyl (C=O) groups excluding carboxylic acids is 2. The Labute approximate surface area is 86.7 Å². The quantitative estimate of drug-likeness (QED) is 0.552. The Balaban J connectivity index is 2.66. The lowest BCUT2D eigenvalue weighted by atomic mass is 10.0. The first-order chi connectivity index (χ1) is 6.66. The van der Waals surface area contributed by atoms with Gasteiger partial charge in [-0.15, -0.1) is 11.3 Å². The van der Waals surface area contributed by atoms with E-state index in [1.165, 1.54) is 18.4 Å². The van der Waals surface area contributed by atoms with Crippen molar-refractivity contribution in [2.45, 2.75) is 6.92 Å². The van der Waals surface area contributed by atoms with E-state index >= 15 is 0 Å². The summed E-state index contributed by atoms with van der Waals surface area (Å²) in [7, 11) is 1.44. The fourth-order valence-electron chi connectivity index (χ4n) is 1.05. The summed E-state index contributed by atoms with van der Waals surface area (Å²) in [6.07, 6.45) is 0. The molecule has 0 amide bonds. The number of thiophene rings is 1. The van der Waals surface area contributed by atoms with Gasteiger partial charge in [0.05, 0.1) is 10.8 Å². The van der Waals surface area contributed by atoms with Crippen LogP contribution in [0.2, 0.25) is 0 Å². The van der Waals surface area contributed by atoms with Gasteiger partial charge in [-0.05, 0) is 18.4 Å². The average molecular weight is 212 g/mol. The summed E-state index contributed by atoms with van der Waals surface area (Å²) >= 11 is 1.35. The molecule has 1 atom stereocenters. The SMILES string of the molecule is COCC(=O)C(C)C(=O)c1cccs1. The highest BCUT2D eigenvalue weighted by Crippen LogP contribution is 2.15. The average Bonchev–Trinajstić information content (AvgIpc) is 2.68. The van der Waals surface area contributed by atoms with E-state index in [-0.39, 0.29) is 18.2 Å². The normalized spacial score (nSPS) is 12.4. The summed E-state index contributed by atoms with van der Waals surface area (Å²) < 4.78 is 4.69. The van der Waals surface area contributed by atoms with Crippen molar-refractivity contribution >= 4 is 22.9 Å². The number of hydrogen-bond donors (Lipinski definition) is 0. The number of ketones is 2. The topological polar surface area (TPSA) is 43.4 Å². The minimum Gasteiger partial charge on any atom is -0.377 e. The van der Waals surface area contributed by atoms with Crippen LogP contribution in [-0.4, -0.2) is 25.3 Å². The molecule has 0 aliphatic carbocycles. The molecule has 0 saturated carbocycles. The maximum atomic E-state index is 11.7. The van der Waals surface area contributed by atoms with E-state index in [9.17, 15) is 9.59 Å². The van der Waals surface area contributed by atoms with Gasteiger partial charge < -0.3 is 4.74 Å². The second kappa shape index (κ2) is 5.02. The van der Waals surface area contributed by atoms with Crippen LogP contribution in [0.3, 0.4) is 0 Å². The van der Waals surface area contributed by atoms with Gasteiger partial charge in [0.25, 0.3) is 0 Å². The molecular formula is C10H12O3S. The molecule has 14 heavy (non-hydrogen) atoms. The molecule has 4 heteroatoms. The van der Waals surface area contributed by atoms with Crippen molar-refractivity contribution in [3.05, 3.63) is 22.4 Å². The van der Waals surface area contributed by atoms with E-state index in [1.807, 2.05) is 5.38 Å². The zero-order valence-electron chi connectivity index (χ0n) is 8.15. The molecule has 0 bridgehead atoms. The second-order valence-corrected chi connectivity index (χ2v) is 3.91. The molecule has 0 N–H and O–H groups in total. The third-order valence-electron chi connectivity index (χ3n) is 1.93. The lowest BCUT2D eigenvalue weighted by Crippen LogP contribution is -2.24. The highest BCUT2D eigenvalue weighted by Gasteiger charge is 2.22. The lowest BCUT2D eigenvalue weighted by molar-refractivity contribution is -0.124. The number of hydrogen-bond acceptors (Lipinski definition) is 4. The fraction of sp³-hybridized carbons (Fsp3) is 0.400. The van der Waals surface area contributed by atoms with Gasteiger partial charge in [-0.25, -0.2) is 0 Å². The Kier molecular flexibility index (Phi) is 3.98. The van der Waals surface area contributed by atoms with Crippen LogP contribution in [0.15, 0.2) is 17.5 Å². The van der Waals surface area contributed by atoms with Crippen LogP contribution in [-0.2, 0) is 9.53 Å². The van der Waals surface area contributed by atoms with Crippen LogP contribution in [0, 0.1) is 5.92 Å². The molecule has 0 aliphatic heterocycles. The summed E-state index contributed by atoms with van der Waals surface area (Å²) in [6.45, 7) is 1.61. The molecule has 0 spiro atoms. The summed E-state index contributed by atoms with van der Waals surface area (Å²) in [5.41, 5.74) is 0. The maximum Gasteiger partial charge on any atom is 0.183 e. The largest absolute Gasteiger partial charge is 0.377 e. The van der Waals surface area contributed by atoms with Crippen molar-refractivity contribution in [2.24, 2.45) is 5.92 Å². The predicted molar refractivity (Wildman–Crippen MR) is 54.7 cm³/mol. The van der Waals surface area contributed by atoms with Crippen LogP contribution >= 0.6 is 11.3 Å². The molecule has 1 unspecified atom stereocenters. The number of methoxy groups -OCH3 is 1. The van der Waals surface area contributed by atoms with Gasteiger partial charge in [0.15, 0.2) is 11.6 Å². The van der Waals surface area contributed by atoms with Crippen molar-refractivity contribution in [3.8, 4) is 0 Å². The zero-order valence-corrected chi connectivity index (χ0v) is 8.97. The van der Waals surface area contributed by atoms with E-state index < -0.39 is 5.92 Å². The monoisotopic (exact) mass is 212 g/mol. The van der Waals surface area contributed by atoms with Gasteiger partial charge >= 0.3 is 0 Å². The first-order valence-corrected chi connectivity index (χ1v) is 5.14. The summed E-state index contributed by atoms with van der Waals surface area (Å²) in [4.78, 5) is 23.6. The summed E-state index contributed by atoms with van der Waals surface area (Å²) in [6, 6.07) is 3.52. The number of Topliss-reactive ketones (excluding diaryl/α,β-unsaturated/α-hetero) is 2. The Morgan fingerprint density at radius 2 is 2.29 bits per heavy atom. The van der Waals surface area contributed by atoms with Crippen LogP contribution in [0.4, 0.5) is 0 Å². The van der Waals surface area contributed by atoms with Crippen LogP contribution in [0.1, 0.15) is 16.6 Å². The third kappa shape index (κ3) is 2.49. The Morgan fingerprint density at radius 3 is 2.79 bits per heavy atom. The third-order valence-corrected chi connectivity index (χ3v) is 2.81. The van der Waals surface area contributed by atoms with E-state index in [0.29, 0.717) is 4.88 Å². The molecule has 0 saturated heterocycles. The van der Waals surface area contributed by atoms with E-state index in [0.717, 1.165) is 0 Å². The molecule has 1 rings (SSSR count). The minimum atomic E-state index is -0.603. The molecule has 76 valence electrons. The first kappa shape index (κ1) is 11.1. The standard InChI is InChI=1S/C10H12O3S/c1-7(8(11)6-13-2)10(12)9-4-3-5-14-9/h3-5,7H,6H2,1-2H3. The highest BCUT2D eigenvalue weighted by molar-refractivity contribution is 7.12. The number of ether oxygens (including phenoxy) is 1. The Morgan fingerprint density at radius 1 is 1.57 bits per heavy atom. The van der Waals surface area contributed by atoms with Crippen molar-refractivity contribution < 1.29 is 14.3 Å². The maximum absolute atomic E-state index is 11.7. The molecule has 0 radical (unpaired) electrons. The first-order valence-electron chi connectivity index (χ1n) is 4.26. The highest BCUT2D eigenvalue weighted by atomic mass is 32.1. The number of carbonyl (C=O) groups is 2. The lowest BCUT2D eigenvalue weighted by Gasteiger charge is -2.06. The van der Waals surface area contributed by atoms with Crippen LogP contribution < -0.4 is 0 Å². The molecule has 0 aromatic carbocycles. The van der Waals surface area contributed by atoms with E-state index in [4.69, 9.17) is 4.74 Å². The molecule has 1 heterocycles. The van der Waals surface area contributed by atoms with Gasteiger partial charge in [-0.2, -0.15) is 0 Å². The van der Waals surface area contributed by atoms with Crippen molar-refractivity contribution in [3.63, 3.8) is 0 Å². The van der Waals surface area contributed by atoms with Gasteiger partial charge in [0.1, 0.15) is 6.61 Å². The van der Waals surface area contributed by atoms with E-state index in [1.54, 1.807) is 19.1 Å². The van der Waals surface area contributed by atoms with Gasteiger partial charge in [0, 0.05) is 7.11 Å². The minimum absolute atomic E-state index is 0.00170. The van der Waals surface area contributed by atoms with Crippen molar-refractivity contribution in [2.75, 3.05) is 13.7 Å². The van der Waals surface area contributed by atoms with Crippen molar-refractivity contribution in [1.82, 2.24) is 0 Å². The summed E-state index contributed by atoms with van der Waals surface area (Å²) in [5.74, 6) is -0.901. The molecule has 1 aromatic rings. The summed E-state index contributed by atoms with van der Waals surface area (Å²) in [5, 5.41) is 1.82. The molecular weight excluding hydrogens is 200 g/mol.